The molecule has 2 N–H and O–H groups in total. The van der Waals surface area contributed by atoms with Gasteiger partial charge in [0.2, 0.25) is 5.91 Å². The lowest BCUT2D eigenvalue weighted by molar-refractivity contribution is -0.216. The number of ether oxygens (including phenoxy) is 4. The van der Waals surface area contributed by atoms with Crippen LogP contribution in [-0.2, 0) is 50.2 Å². The van der Waals surface area contributed by atoms with E-state index in [2.05, 4.69) is 5.32 Å². The maximum absolute atomic E-state index is 13.5. The number of rotatable bonds is 10. The van der Waals surface area contributed by atoms with Crippen molar-refractivity contribution in [3.05, 3.63) is 57.6 Å². The molecule has 18 heteroatoms. The van der Waals surface area contributed by atoms with Crippen LogP contribution < -0.4 is 14.8 Å². The van der Waals surface area contributed by atoms with Crippen molar-refractivity contribution in [3.63, 3.8) is 0 Å². The van der Waals surface area contributed by atoms with Crippen LogP contribution in [0.15, 0.2) is 36.4 Å². The first-order chi connectivity index (χ1) is 21.4. The van der Waals surface area contributed by atoms with Crippen LogP contribution in [-0.4, -0.2) is 76.6 Å². The number of nitrogens with one attached hydrogen (secondary N) is 1. The molecule has 2 aliphatic heterocycles. The van der Waals surface area contributed by atoms with Crippen LogP contribution in [0, 0.1) is 0 Å². The van der Waals surface area contributed by atoms with Crippen LogP contribution >= 0.6 is 35.0 Å². The summed E-state index contributed by atoms with van der Waals surface area (Å²) in [5, 5.41) is -2.37. The molecule has 2 fully saturated rings. The number of hydrogen-bond donors (Lipinski definition) is 2. The quantitative estimate of drug-likeness (QED) is 0.158. The van der Waals surface area contributed by atoms with E-state index in [1.807, 2.05) is 0 Å². The summed E-state index contributed by atoms with van der Waals surface area (Å²) >= 11 is 13.6. The van der Waals surface area contributed by atoms with Crippen molar-refractivity contribution in [2.45, 2.75) is 61.4 Å². The normalized spacial score (nSPS) is 22.3. The van der Waals surface area contributed by atoms with Crippen molar-refractivity contribution >= 4 is 74.8 Å². The van der Waals surface area contributed by atoms with E-state index in [9.17, 15) is 36.9 Å². The first-order valence-electron chi connectivity index (χ1n) is 13.3. The molecule has 0 saturated carbocycles. The number of β-lactam (4-membered cyclic amide) rings is 1. The molecule has 0 aromatic heterocycles. The fourth-order valence-corrected chi connectivity index (χ4v) is 8.35. The fraction of sp³-hybridized carbons (Fsp3) is 0.393. The standard InChI is InChI=1S/C28H28Cl2N2O12S2/c1-13(33)43-17-11-16(18(29)19(30)21(17)44-14(2)34)22(46(38,39)40)23(35)31-20-24(36)32-25(20)45-27(3,4)28(32,41-5)26(37)42-12-15-9-7-6-8-10-15/h6-11,20,22,25H,12H2,1-5H3,(H,31,35)(H,38,39,40)/t20-,22+,25+,28+/m0/s1. The number of thioether (sulfide) groups is 1. The van der Waals surface area contributed by atoms with Crippen LogP contribution in [0.1, 0.15) is 44.1 Å². The van der Waals surface area contributed by atoms with Crippen molar-refractivity contribution in [2.24, 2.45) is 0 Å². The average Bonchev–Trinajstić information content (AvgIpc) is 3.18. The number of hydrogen-bond acceptors (Lipinski definition) is 12. The molecule has 0 radical (unpaired) electrons. The van der Waals surface area contributed by atoms with Gasteiger partial charge in [0.1, 0.15) is 23.0 Å². The van der Waals surface area contributed by atoms with Crippen molar-refractivity contribution in [1.82, 2.24) is 10.2 Å². The molecule has 0 spiro atoms. The van der Waals surface area contributed by atoms with Gasteiger partial charge in [-0.05, 0) is 25.5 Å². The summed E-state index contributed by atoms with van der Waals surface area (Å²) in [6, 6.07) is 8.21. The minimum absolute atomic E-state index is 0.108. The van der Waals surface area contributed by atoms with Gasteiger partial charge in [-0.2, -0.15) is 8.42 Å². The summed E-state index contributed by atoms with van der Waals surface area (Å²) in [4.78, 5) is 65.0. The number of benzene rings is 2. The third-order valence-electron chi connectivity index (χ3n) is 7.17. The van der Waals surface area contributed by atoms with Gasteiger partial charge in [-0.25, -0.2) is 4.79 Å². The van der Waals surface area contributed by atoms with E-state index in [1.165, 1.54) is 7.11 Å². The molecule has 46 heavy (non-hydrogen) atoms. The first kappa shape index (κ1) is 35.4. The molecule has 2 heterocycles. The lowest BCUT2D eigenvalue weighted by atomic mass is 9.91. The van der Waals surface area contributed by atoms with Crippen LogP contribution in [0.4, 0.5) is 0 Å². The highest BCUT2D eigenvalue weighted by Crippen LogP contribution is 2.57. The van der Waals surface area contributed by atoms with Crippen LogP contribution in [0.3, 0.4) is 0 Å². The van der Waals surface area contributed by atoms with E-state index < -0.39 is 94.1 Å². The van der Waals surface area contributed by atoms with E-state index in [1.54, 1.807) is 44.2 Å². The Morgan fingerprint density at radius 3 is 2.22 bits per heavy atom. The van der Waals surface area contributed by atoms with Gasteiger partial charge in [0.25, 0.3) is 21.8 Å². The second-order valence-electron chi connectivity index (χ2n) is 10.6. The molecule has 248 valence electrons. The maximum Gasteiger partial charge on any atom is 0.361 e. The molecule has 0 bridgehead atoms. The average molecular weight is 720 g/mol. The second kappa shape index (κ2) is 13.0. The predicted molar refractivity (Wildman–Crippen MR) is 164 cm³/mol. The number of fused-ring (bicyclic) bond motifs is 1. The maximum atomic E-state index is 13.5. The number of carbonyl (C=O) groups excluding carboxylic acids is 5. The summed E-state index contributed by atoms with van der Waals surface area (Å²) in [5.41, 5.74) is -1.88. The minimum Gasteiger partial charge on any atom is -0.457 e. The minimum atomic E-state index is -5.34. The summed E-state index contributed by atoms with van der Waals surface area (Å²) < 4.78 is 55.3. The van der Waals surface area contributed by atoms with E-state index in [0.717, 1.165) is 36.6 Å². The number of esters is 3. The van der Waals surface area contributed by atoms with Crippen molar-refractivity contribution in [2.75, 3.05) is 7.11 Å². The van der Waals surface area contributed by atoms with Crippen molar-refractivity contribution in [1.29, 1.82) is 0 Å². The second-order valence-corrected chi connectivity index (χ2v) is 14.6. The Labute approximate surface area is 277 Å². The lowest BCUT2D eigenvalue weighted by Gasteiger charge is -2.49. The molecule has 2 aromatic carbocycles. The third kappa shape index (κ3) is 6.29. The van der Waals surface area contributed by atoms with Gasteiger partial charge in [-0.15, -0.1) is 11.8 Å². The van der Waals surface area contributed by atoms with Crippen LogP contribution in [0.25, 0.3) is 0 Å². The summed E-state index contributed by atoms with van der Waals surface area (Å²) in [6.07, 6.45) is 0. The summed E-state index contributed by atoms with van der Waals surface area (Å²) in [6.45, 7) is 5.16. The predicted octanol–water partition coefficient (Wildman–Crippen LogP) is 3.04. The Morgan fingerprint density at radius 2 is 1.67 bits per heavy atom. The Bertz CT molecular complexity index is 1720. The van der Waals surface area contributed by atoms with Gasteiger partial charge < -0.3 is 24.3 Å². The van der Waals surface area contributed by atoms with Crippen LogP contribution in [0.2, 0.25) is 10.0 Å². The zero-order valence-corrected chi connectivity index (χ0v) is 28.0. The number of methoxy groups -OCH3 is 1. The molecule has 2 amide bonds. The first-order valence-corrected chi connectivity index (χ1v) is 16.4. The number of amides is 2. The Morgan fingerprint density at radius 1 is 1.07 bits per heavy atom. The molecule has 14 nitrogen and oxygen atoms in total. The zero-order valence-electron chi connectivity index (χ0n) is 24.9. The zero-order chi connectivity index (χ0) is 34.4. The molecular weight excluding hydrogens is 691 g/mol. The third-order valence-corrected chi connectivity index (χ3v) is 10.7. The van der Waals surface area contributed by atoms with Gasteiger partial charge in [0.05, 0.1) is 9.77 Å². The Hall–Kier alpha value is -3.41. The number of carbonyl (C=O) groups is 5. The molecule has 0 unspecified atom stereocenters. The molecular formula is C28H28Cl2N2O12S2. The largest absolute Gasteiger partial charge is 0.457 e. The monoisotopic (exact) mass is 718 g/mol. The van der Waals surface area contributed by atoms with Gasteiger partial charge in [-0.1, -0.05) is 53.5 Å². The van der Waals surface area contributed by atoms with Gasteiger partial charge in [0, 0.05) is 26.5 Å². The molecule has 2 saturated heterocycles. The summed E-state index contributed by atoms with van der Waals surface area (Å²) in [5.74, 6) is -6.03. The highest BCUT2D eigenvalue weighted by Gasteiger charge is 2.74. The van der Waals surface area contributed by atoms with Gasteiger partial charge in [0.15, 0.2) is 16.7 Å². The van der Waals surface area contributed by atoms with E-state index in [4.69, 9.17) is 42.1 Å². The fourth-order valence-electron chi connectivity index (χ4n) is 5.25. The highest BCUT2D eigenvalue weighted by atomic mass is 35.5. The van der Waals surface area contributed by atoms with E-state index in [0.29, 0.717) is 5.56 Å². The summed E-state index contributed by atoms with van der Waals surface area (Å²) in [7, 11) is -4.11. The molecule has 4 rings (SSSR count). The SMILES string of the molecule is CO[C@@]1(C(=O)OCc2ccccc2)N2C(=O)[C@H](NC(=O)[C@@H](c3cc(OC(C)=O)c(OC(C)=O)c(Cl)c3Cl)S(=O)(=O)O)[C@H]2SC1(C)C. The van der Waals surface area contributed by atoms with E-state index in [-0.39, 0.29) is 6.61 Å². The Kier molecular flexibility index (Phi) is 10.0. The smallest absolute Gasteiger partial charge is 0.361 e. The Balaban J connectivity index is 1.65. The van der Waals surface area contributed by atoms with Gasteiger partial charge >= 0.3 is 17.9 Å². The topological polar surface area (TPSA) is 192 Å². The number of halogens is 2. The number of nitrogens with zero attached hydrogens (tertiary/aromatic N) is 1. The van der Waals surface area contributed by atoms with Gasteiger partial charge in [-0.3, -0.25) is 28.6 Å². The molecule has 2 aliphatic rings. The van der Waals surface area contributed by atoms with Crippen LogP contribution in [0.5, 0.6) is 11.5 Å². The van der Waals surface area contributed by atoms with E-state index >= 15 is 0 Å². The molecule has 2 aromatic rings. The highest BCUT2D eigenvalue weighted by molar-refractivity contribution is 8.01. The molecule has 0 aliphatic carbocycles. The van der Waals surface area contributed by atoms with Crippen molar-refractivity contribution in [3.8, 4) is 11.5 Å². The lowest BCUT2D eigenvalue weighted by Crippen LogP contribution is -2.76. The molecule has 4 atom stereocenters. The van der Waals surface area contributed by atoms with Crippen molar-refractivity contribution < 1.29 is 55.9 Å².